The number of nitrogens with one attached hydrogen (secondary N) is 2. The Morgan fingerprint density at radius 1 is 1.07 bits per heavy atom. The Morgan fingerprint density at radius 2 is 1.89 bits per heavy atom. The van der Waals surface area contributed by atoms with Gasteiger partial charge in [-0.3, -0.25) is 0 Å². The summed E-state index contributed by atoms with van der Waals surface area (Å²) in [6, 6.07) is 16.3. The number of anilines is 3. The van der Waals surface area contributed by atoms with E-state index in [1.807, 2.05) is 30.3 Å². The van der Waals surface area contributed by atoms with E-state index in [0.29, 0.717) is 17.7 Å². The quantitative estimate of drug-likeness (QED) is 0.618. The highest BCUT2D eigenvalue weighted by molar-refractivity contribution is 5.54. The molecule has 0 aliphatic rings. The van der Waals surface area contributed by atoms with Crippen molar-refractivity contribution in [3.8, 4) is 5.75 Å². The summed E-state index contributed by atoms with van der Waals surface area (Å²) in [7, 11) is 1.68. The number of nitrogens with zero attached hydrogens (tertiary/aromatic N) is 3. The second kappa shape index (κ2) is 8.98. The van der Waals surface area contributed by atoms with Gasteiger partial charge in [-0.2, -0.15) is 10.1 Å². The van der Waals surface area contributed by atoms with E-state index in [2.05, 4.69) is 57.9 Å². The van der Waals surface area contributed by atoms with Crippen LogP contribution in [-0.4, -0.2) is 28.8 Å². The molecule has 27 heavy (non-hydrogen) atoms. The van der Waals surface area contributed by atoms with Gasteiger partial charge in [-0.15, -0.1) is 5.10 Å². The standard InChI is InChI=1S/C21H25N5O/c1-15(2)17-7-9-18(10-8-17)24-21-25-20(14-23-26-21)22-12-11-16-5-4-6-19(13-16)27-3/h4-10,13-15H,11-12H2,1-3H3,(H2,22,24,25,26). The van der Waals surface area contributed by atoms with Gasteiger partial charge in [0.1, 0.15) is 5.75 Å². The molecular weight excluding hydrogens is 338 g/mol. The monoisotopic (exact) mass is 363 g/mol. The lowest BCUT2D eigenvalue weighted by atomic mass is 10.0. The molecule has 3 rings (SSSR count). The third kappa shape index (κ3) is 5.41. The maximum Gasteiger partial charge on any atom is 0.249 e. The average molecular weight is 363 g/mol. The molecule has 2 N–H and O–H groups in total. The minimum absolute atomic E-state index is 0.471. The molecule has 3 aromatic rings. The van der Waals surface area contributed by atoms with Crippen molar-refractivity contribution in [1.29, 1.82) is 0 Å². The lowest BCUT2D eigenvalue weighted by Gasteiger charge is -2.09. The maximum absolute atomic E-state index is 5.25. The Balaban J connectivity index is 1.56. The lowest BCUT2D eigenvalue weighted by molar-refractivity contribution is 0.414. The molecule has 1 heterocycles. The van der Waals surface area contributed by atoms with Crippen molar-refractivity contribution in [1.82, 2.24) is 15.2 Å². The second-order valence-electron chi connectivity index (χ2n) is 6.60. The second-order valence-corrected chi connectivity index (χ2v) is 6.60. The molecule has 2 aromatic carbocycles. The number of hydrogen-bond donors (Lipinski definition) is 2. The van der Waals surface area contributed by atoms with Crippen molar-refractivity contribution >= 4 is 17.5 Å². The largest absolute Gasteiger partial charge is 0.497 e. The normalized spacial score (nSPS) is 10.7. The highest BCUT2D eigenvalue weighted by Gasteiger charge is 2.03. The van der Waals surface area contributed by atoms with Gasteiger partial charge in [0.15, 0.2) is 5.82 Å². The number of rotatable bonds is 8. The van der Waals surface area contributed by atoms with Crippen molar-refractivity contribution in [3.63, 3.8) is 0 Å². The highest BCUT2D eigenvalue weighted by atomic mass is 16.5. The number of aromatic nitrogens is 3. The van der Waals surface area contributed by atoms with Crippen LogP contribution in [0.25, 0.3) is 0 Å². The third-order valence-electron chi connectivity index (χ3n) is 4.25. The van der Waals surface area contributed by atoms with Crippen LogP contribution in [0.15, 0.2) is 54.7 Å². The predicted molar refractivity (Wildman–Crippen MR) is 109 cm³/mol. The molecule has 0 saturated heterocycles. The third-order valence-corrected chi connectivity index (χ3v) is 4.25. The first kappa shape index (κ1) is 18.6. The SMILES string of the molecule is COc1cccc(CCNc2cnnc(Nc3ccc(C(C)C)cc3)n2)c1. The Kier molecular flexibility index (Phi) is 6.20. The van der Waals surface area contributed by atoms with Crippen molar-refractivity contribution in [2.24, 2.45) is 0 Å². The van der Waals surface area contributed by atoms with E-state index in [0.717, 1.165) is 24.4 Å². The van der Waals surface area contributed by atoms with E-state index in [-0.39, 0.29) is 0 Å². The smallest absolute Gasteiger partial charge is 0.249 e. The zero-order valence-corrected chi connectivity index (χ0v) is 15.9. The predicted octanol–water partition coefficient (Wildman–Crippen LogP) is 4.40. The summed E-state index contributed by atoms with van der Waals surface area (Å²) in [5.74, 6) is 2.54. The number of methoxy groups -OCH3 is 1. The zero-order valence-electron chi connectivity index (χ0n) is 15.9. The van der Waals surface area contributed by atoms with Gasteiger partial charge in [0.2, 0.25) is 5.95 Å². The number of hydrogen-bond acceptors (Lipinski definition) is 6. The molecule has 0 bridgehead atoms. The molecule has 6 heteroatoms. The van der Waals surface area contributed by atoms with Gasteiger partial charge < -0.3 is 15.4 Å². The van der Waals surface area contributed by atoms with E-state index in [1.54, 1.807) is 13.3 Å². The summed E-state index contributed by atoms with van der Waals surface area (Å²) in [5.41, 5.74) is 3.44. The van der Waals surface area contributed by atoms with Crippen LogP contribution >= 0.6 is 0 Å². The molecule has 140 valence electrons. The molecular formula is C21H25N5O. The van der Waals surface area contributed by atoms with E-state index < -0.39 is 0 Å². The Bertz CT molecular complexity index is 864. The molecule has 0 aliphatic heterocycles. The van der Waals surface area contributed by atoms with Gasteiger partial charge in [-0.25, -0.2) is 0 Å². The molecule has 0 spiro atoms. The first-order chi connectivity index (χ1) is 13.1. The molecule has 6 nitrogen and oxygen atoms in total. The zero-order chi connectivity index (χ0) is 19.1. The molecule has 0 unspecified atom stereocenters. The van der Waals surface area contributed by atoms with Gasteiger partial charge in [0.25, 0.3) is 0 Å². The van der Waals surface area contributed by atoms with Gasteiger partial charge >= 0.3 is 0 Å². The number of benzene rings is 2. The topological polar surface area (TPSA) is 72.0 Å². The van der Waals surface area contributed by atoms with Gasteiger partial charge in [-0.1, -0.05) is 38.1 Å². The van der Waals surface area contributed by atoms with Crippen molar-refractivity contribution in [2.45, 2.75) is 26.2 Å². The molecule has 0 fully saturated rings. The summed E-state index contributed by atoms with van der Waals surface area (Å²) >= 11 is 0. The highest BCUT2D eigenvalue weighted by Crippen LogP contribution is 2.19. The lowest BCUT2D eigenvalue weighted by Crippen LogP contribution is -2.09. The van der Waals surface area contributed by atoms with Crippen LogP contribution in [0.3, 0.4) is 0 Å². The van der Waals surface area contributed by atoms with Crippen LogP contribution < -0.4 is 15.4 Å². The summed E-state index contributed by atoms with van der Waals surface area (Å²) in [6.07, 6.45) is 2.49. The van der Waals surface area contributed by atoms with E-state index in [1.165, 1.54) is 11.1 Å². The van der Waals surface area contributed by atoms with Crippen LogP contribution in [-0.2, 0) is 6.42 Å². The van der Waals surface area contributed by atoms with E-state index in [4.69, 9.17) is 4.74 Å². The first-order valence-corrected chi connectivity index (χ1v) is 9.07. The summed E-state index contributed by atoms with van der Waals surface area (Å²) < 4.78 is 5.25. The molecule has 0 amide bonds. The van der Waals surface area contributed by atoms with Crippen LogP contribution in [0.4, 0.5) is 17.5 Å². The van der Waals surface area contributed by atoms with E-state index >= 15 is 0 Å². The number of ether oxygens (including phenoxy) is 1. The van der Waals surface area contributed by atoms with Crippen LogP contribution in [0, 0.1) is 0 Å². The molecule has 0 aliphatic carbocycles. The molecule has 0 atom stereocenters. The first-order valence-electron chi connectivity index (χ1n) is 9.07. The minimum Gasteiger partial charge on any atom is -0.497 e. The van der Waals surface area contributed by atoms with Gasteiger partial charge in [0, 0.05) is 12.2 Å². The van der Waals surface area contributed by atoms with Crippen molar-refractivity contribution in [3.05, 3.63) is 65.9 Å². The van der Waals surface area contributed by atoms with Crippen LogP contribution in [0.2, 0.25) is 0 Å². The Hall–Kier alpha value is -3.15. The van der Waals surface area contributed by atoms with Gasteiger partial charge in [-0.05, 0) is 47.7 Å². The van der Waals surface area contributed by atoms with Crippen molar-refractivity contribution < 1.29 is 4.74 Å². The summed E-state index contributed by atoms with van der Waals surface area (Å²) in [5, 5.41) is 14.6. The average Bonchev–Trinajstić information content (AvgIpc) is 2.69. The summed E-state index contributed by atoms with van der Waals surface area (Å²) in [4.78, 5) is 4.47. The summed E-state index contributed by atoms with van der Waals surface area (Å²) in [6.45, 7) is 5.10. The van der Waals surface area contributed by atoms with E-state index in [9.17, 15) is 0 Å². The minimum atomic E-state index is 0.471. The molecule has 0 radical (unpaired) electrons. The molecule has 0 saturated carbocycles. The van der Waals surface area contributed by atoms with Gasteiger partial charge in [0.05, 0.1) is 13.3 Å². The van der Waals surface area contributed by atoms with Crippen LogP contribution in [0.1, 0.15) is 30.9 Å². The molecule has 1 aromatic heterocycles. The van der Waals surface area contributed by atoms with Crippen LogP contribution in [0.5, 0.6) is 5.75 Å². The Labute approximate surface area is 160 Å². The fourth-order valence-corrected chi connectivity index (χ4v) is 2.69. The maximum atomic E-state index is 5.25. The van der Waals surface area contributed by atoms with Crippen molar-refractivity contribution in [2.75, 3.05) is 24.3 Å². The Morgan fingerprint density at radius 3 is 2.63 bits per heavy atom. The fraction of sp³-hybridized carbons (Fsp3) is 0.286. The fourth-order valence-electron chi connectivity index (χ4n) is 2.69.